The van der Waals surface area contributed by atoms with Crippen molar-refractivity contribution in [2.24, 2.45) is 17.8 Å². The van der Waals surface area contributed by atoms with Crippen molar-refractivity contribution in [3.8, 4) is 0 Å². The van der Waals surface area contributed by atoms with Gasteiger partial charge in [-0.05, 0) is 37.5 Å². The largest absolute Gasteiger partial charge is 0.352 e. The van der Waals surface area contributed by atoms with E-state index in [1.807, 2.05) is 13.8 Å². The van der Waals surface area contributed by atoms with Gasteiger partial charge in [0.05, 0.1) is 0 Å². The van der Waals surface area contributed by atoms with Gasteiger partial charge in [0.2, 0.25) is 5.91 Å². The van der Waals surface area contributed by atoms with Gasteiger partial charge in [-0.2, -0.15) is 0 Å². The van der Waals surface area contributed by atoms with Gasteiger partial charge in [0, 0.05) is 31.6 Å². The minimum Gasteiger partial charge on any atom is -0.352 e. The molecule has 116 valence electrons. The Hall–Kier alpha value is -0.570. The molecule has 2 aliphatic rings. The van der Waals surface area contributed by atoms with E-state index in [4.69, 9.17) is 0 Å². The summed E-state index contributed by atoms with van der Waals surface area (Å²) < 4.78 is 0. The number of carbonyl (C=O) groups excluding carboxylic acids is 1. The number of amides is 1. The molecule has 3 heteroatoms. The van der Waals surface area contributed by atoms with Gasteiger partial charge >= 0.3 is 0 Å². The van der Waals surface area contributed by atoms with E-state index in [-0.39, 0.29) is 11.8 Å². The molecule has 2 unspecified atom stereocenters. The number of unbranched alkanes of at least 4 members (excludes halogenated alkanes) is 1. The van der Waals surface area contributed by atoms with Crippen LogP contribution in [-0.4, -0.2) is 36.5 Å². The van der Waals surface area contributed by atoms with Crippen molar-refractivity contribution in [2.75, 3.05) is 19.6 Å². The maximum absolute atomic E-state index is 11.9. The molecule has 1 saturated carbocycles. The molecule has 2 rings (SSSR count). The molecule has 1 aliphatic heterocycles. The van der Waals surface area contributed by atoms with Crippen molar-refractivity contribution in [2.45, 2.75) is 65.3 Å². The molecule has 2 atom stereocenters. The summed E-state index contributed by atoms with van der Waals surface area (Å²) >= 11 is 0. The average Bonchev–Trinajstić information content (AvgIpc) is 3.20. The van der Waals surface area contributed by atoms with E-state index < -0.39 is 0 Å². The molecule has 0 spiro atoms. The van der Waals surface area contributed by atoms with Crippen molar-refractivity contribution in [3.05, 3.63) is 0 Å². The highest BCUT2D eigenvalue weighted by atomic mass is 16.1. The molecular weight excluding hydrogens is 248 g/mol. The lowest BCUT2D eigenvalue weighted by Gasteiger charge is -2.38. The minimum absolute atomic E-state index is 0.0999. The molecule has 0 bridgehead atoms. The van der Waals surface area contributed by atoms with Gasteiger partial charge in [0.15, 0.2) is 0 Å². The highest BCUT2D eigenvalue weighted by Gasteiger charge is 2.32. The van der Waals surface area contributed by atoms with Crippen LogP contribution in [0.5, 0.6) is 0 Å². The number of rotatable bonds is 7. The van der Waals surface area contributed by atoms with Gasteiger partial charge in [-0.15, -0.1) is 0 Å². The lowest BCUT2D eigenvalue weighted by Crippen LogP contribution is -2.52. The SMILES string of the molecule is CCCCC1CC(NC(=O)C(C)C)CN(CC2CC2)C1. The predicted octanol–water partition coefficient (Wildman–Crippen LogP) is 3.05. The van der Waals surface area contributed by atoms with E-state index in [0.717, 1.165) is 18.4 Å². The summed E-state index contributed by atoms with van der Waals surface area (Å²) in [4.78, 5) is 14.6. The summed E-state index contributed by atoms with van der Waals surface area (Å²) in [6.45, 7) is 9.81. The van der Waals surface area contributed by atoms with Crippen LogP contribution in [0, 0.1) is 17.8 Å². The standard InChI is InChI=1S/C17H32N2O/c1-4-5-6-15-9-16(18-17(20)13(2)3)12-19(11-15)10-14-7-8-14/h13-16H,4-12H2,1-3H3,(H,18,20). The highest BCUT2D eigenvalue weighted by Crippen LogP contribution is 2.32. The van der Waals surface area contributed by atoms with Crippen LogP contribution >= 0.6 is 0 Å². The molecule has 2 fully saturated rings. The van der Waals surface area contributed by atoms with Crippen molar-refractivity contribution < 1.29 is 4.79 Å². The Balaban J connectivity index is 1.86. The fourth-order valence-electron chi connectivity index (χ4n) is 3.29. The Labute approximate surface area is 124 Å². The minimum atomic E-state index is 0.0999. The van der Waals surface area contributed by atoms with Gasteiger partial charge in [-0.3, -0.25) is 4.79 Å². The van der Waals surface area contributed by atoms with Crippen LogP contribution in [0.4, 0.5) is 0 Å². The van der Waals surface area contributed by atoms with Crippen LogP contribution in [0.25, 0.3) is 0 Å². The molecule has 3 nitrogen and oxygen atoms in total. The van der Waals surface area contributed by atoms with E-state index >= 15 is 0 Å². The third kappa shape index (κ3) is 5.08. The molecule has 0 aromatic heterocycles. The number of likely N-dealkylation sites (tertiary alicyclic amines) is 1. The maximum Gasteiger partial charge on any atom is 0.222 e. The molecule has 0 aromatic carbocycles. The van der Waals surface area contributed by atoms with Gasteiger partial charge in [0.1, 0.15) is 0 Å². The Morgan fingerprint density at radius 3 is 2.60 bits per heavy atom. The summed E-state index contributed by atoms with van der Waals surface area (Å²) in [6, 6.07) is 0.374. The van der Waals surface area contributed by atoms with E-state index in [1.165, 1.54) is 51.6 Å². The third-order valence-corrected chi connectivity index (χ3v) is 4.66. The van der Waals surface area contributed by atoms with E-state index in [1.54, 1.807) is 0 Å². The van der Waals surface area contributed by atoms with Crippen LogP contribution in [0.3, 0.4) is 0 Å². The van der Waals surface area contributed by atoms with E-state index in [2.05, 4.69) is 17.1 Å². The zero-order valence-corrected chi connectivity index (χ0v) is 13.5. The normalized spacial score (nSPS) is 27.8. The molecule has 0 aromatic rings. The monoisotopic (exact) mass is 280 g/mol. The second-order valence-corrected chi connectivity index (χ2v) is 7.27. The average molecular weight is 280 g/mol. The van der Waals surface area contributed by atoms with Gasteiger partial charge < -0.3 is 10.2 Å². The fraction of sp³-hybridized carbons (Fsp3) is 0.941. The number of piperidine rings is 1. The first-order valence-corrected chi connectivity index (χ1v) is 8.61. The zero-order chi connectivity index (χ0) is 14.5. The summed E-state index contributed by atoms with van der Waals surface area (Å²) in [7, 11) is 0. The van der Waals surface area contributed by atoms with Crippen LogP contribution in [0.15, 0.2) is 0 Å². The first-order valence-electron chi connectivity index (χ1n) is 8.61. The second kappa shape index (κ2) is 7.44. The Morgan fingerprint density at radius 2 is 2.00 bits per heavy atom. The summed E-state index contributed by atoms with van der Waals surface area (Å²) in [5.74, 6) is 2.04. The first-order chi connectivity index (χ1) is 9.58. The summed E-state index contributed by atoms with van der Waals surface area (Å²) in [5.41, 5.74) is 0. The number of nitrogens with zero attached hydrogens (tertiary/aromatic N) is 1. The summed E-state index contributed by atoms with van der Waals surface area (Å²) in [6.07, 6.45) is 7.94. The molecule has 1 amide bonds. The second-order valence-electron chi connectivity index (χ2n) is 7.27. The van der Waals surface area contributed by atoms with Crippen molar-refractivity contribution >= 4 is 5.91 Å². The quantitative estimate of drug-likeness (QED) is 0.777. The Bertz CT molecular complexity index is 312. The topological polar surface area (TPSA) is 32.3 Å². The molecule has 1 heterocycles. The lowest BCUT2D eigenvalue weighted by atomic mass is 9.89. The van der Waals surface area contributed by atoms with Crippen LogP contribution in [-0.2, 0) is 4.79 Å². The maximum atomic E-state index is 11.9. The van der Waals surface area contributed by atoms with Gasteiger partial charge in [-0.1, -0.05) is 33.6 Å². The van der Waals surface area contributed by atoms with Crippen molar-refractivity contribution in [1.29, 1.82) is 0 Å². The molecule has 0 radical (unpaired) electrons. The third-order valence-electron chi connectivity index (χ3n) is 4.66. The lowest BCUT2D eigenvalue weighted by molar-refractivity contribution is -0.125. The molecule has 1 N–H and O–H groups in total. The zero-order valence-electron chi connectivity index (χ0n) is 13.5. The molecule has 1 aliphatic carbocycles. The van der Waals surface area contributed by atoms with Crippen molar-refractivity contribution in [1.82, 2.24) is 10.2 Å². The van der Waals surface area contributed by atoms with E-state index in [9.17, 15) is 4.79 Å². The number of hydrogen-bond donors (Lipinski definition) is 1. The molecule has 20 heavy (non-hydrogen) atoms. The summed E-state index contributed by atoms with van der Waals surface area (Å²) in [5, 5.41) is 3.27. The van der Waals surface area contributed by atoms with Crippen LogP contribution in [0.2, 0.25) is 0 Å². The fourth-order valence-corrected chi connectivity index (χ4v) is 3.29. The Morgan fingerprint density at radius 1 is 1.25 bits per heavy atom. The van der Waals surface area contributed by atoms with E-state index in [0.29, 0.717) is 6.04 Å². The Kier molecular flexibility index (Phi) is 5.88. The van der Waals surface area contributed by atoms with Crippen LogP contribution < -0.4 is 5.32 Å². The first kappa shape index (κ1) is 15.8. The molecular formula is C17H32N2O. The number of hydrogen-bond acceptors (Lipinski definition) is 2. The van der Waals surface area contributed by atoms with Crippen LogP contribution in [0.1, 0.15) is 59.3 Å². The van der Waals surface area contributed by atoms with Gasteiger partial charge in [0.25, 0.3) is 0 Å². The number of carbonyl (C=O) groups is 1. The number of nitrogens with one attached hydrogen (secondary N) is 1. The predicted molar refractivity (Wildman–Crippen MR) is 83.6 cm³/mol. The highest BCUT2D eigenvalue weighted by molar-refractivity contribution is 5.78. The smallest absolute Gasteiger partial charge is 0.222 e. The van der Waals surface area contributed by atoms with Gasteiger partial charge in [-0.25, -0.2) is 0 Å². The molecule has 1 saturated heterocycles. The van der Waals surface area contributed by atoms with Crippen molar-refractivity contribution in [3.63, 3.8) is 0 Å².